The number of phosphoric acid groups is 1. The van der Waals surface area contributed by atoms with E-state index < -0.39 is 26.5 Å². The Balaban J connectivity index is 3.96. The van der Waals surface area contributed by atoms with Crippen LogP contribution < -0.4 is 5.73 Å². The van der Waals surface area contributed by atoms with Crippen molar-refractivity contribution in [1.29, 1.82) is 0 Å². The van der Waals surface area contributed by atoms with Gasteiger partial charge in [-0.15, -0.1) is 0 Å². The molecule has 0 spiro atoms. The lowest BCUT2D eigenvalue weighted by molar-refractivity contribution is -0.161. The first-order chi connectivity index (χ1) is 32.8. The fraction of sp³-hybridized carbons (Fsp3) is 0.754. The average molecular weight is 960 g/mol. The molecule has 0 fully saturated rings. The van der Waals surface area contributed by atoms with Gasteiger partial charge in [-0.1, -0.05) is 222 Å². The number of phosphoric ester groups is 1. The van der Waals surface area contributed by atoms with Gasteiger partial charge in [-0.3, -0.25) is 18.6 Å². The zero-order valence-corrected chi connectivity index (χ0v) is 44.0. The number of ether oxygens (including phenoxy) is 2. The van der Waals surface area contributed by atoms with Gasteiger partial charge in [0.25, 0.3) is 0 Å². The van der Waals surface area contributed by atoms with Crippen molar-refractivity contribution in [2.24, 2.45) is 5.73 Å². The van der Waals surface area contributed by atoms with Crippen molar-refractivity contribution in [3.8, 4) is 0 Å². The summed E-state index contributed by atoms with van der Waals surface area (Å²) in [6.45, 7) is 3.61. The van der Waals surface area contributed by atoms with E-state index >= 15 is 0 Å². The van der Waals surface area contributed by atoms with Gasteiger partial charge in [0, 0.05) is 19.4 Å². The van der Waals surface area contributed by atoms with Gasteiger partial charge in [0.05, 0.1) is 13.2 Å². The predicted octanol–water partition coefficient (Wildman–Crippen LogP) is 17.0. The minimum atomic E-state index is -4.39. The minimum absolute atomic E-state index is 0.0506. The van der Waals surface area contributed by atoms with Crippen LogP contribution in [0.4, 0.5) is 0 Å². The summed E-state index contributed by atoms with van der Waals surface area (Å²) in [4.78, 5) is 35.1. The smallest absolute Gasteiger partial charge is 0.462 e. The van der Waals surface area contributed by atoms with Crippen LogP contribution in [0.3, 0.4) is 0 Å². The molecule has 0 aromatic rings. The van der Waals surface area contributed by atoms with Gasteiger partial charge in [0.1, 0.15) is 6.61 Å². The molecule has 0 saturated heterocycles. The summed E-state index contributed by atoms with van der Waals surface area (Å²) in [5.74, 6) is -0.833. The molecule has 0 saturated carbocycles. The molecule has 0 bridgehead atoms. The van der Waals surface area contributed by atoms with E-state index in [1.165, 1.54) is 128 Å². The Morgan fingerprint density at radius 1 is 0.463 bits per heavy atom. The third-order valence-electron chi connectivity index (χ3n) is 11.6. The molecule has 3 N–H and O–H groups in total. The van der Waals surface area contributed by atoms with Crippen LogP contribution in [0.1, 0.15) is 245 Å². The number of hydrogen-bond donors (Lipinski definition) is 2. The Kier molecular flexibility index (Phi) is 50.8. The summed E-state index contributed by atoms with van der Waals surface area (Å²) in [5.41, 5.74) is 5.37. The van der Waals surface area contributed by atoms with Gasteiger partial charge in [-0.25, -0.2) is 4.57 Å². The molecule has 0 heterocycles. The van der Waals surface area contributed by atoms with Crippen LogP contribution in [0.5, 0.6) is 0 Å². The zero-order valence-electron chi connectivity index (χ0n) is 43.1. The second-order valence-corrected chi connectivity index (χ2v) is 19.5. The maximum Gasteiger partial charge on any atom is 0.472 e. The third-order valence-corrected chi connectivity index (χ3v) is 12.6. The highest BCUT2D eigenvalue weighted by Crippen LogP contribution is 2.43. The Labute approximate surface area is 411 Å². The van der Waals surface area contributed by atoms with Crippen LogP contribution in [0.25, 0.3) is 0 Å². The van der Waals surface area contributed by atoms with Crippen molar-refractivity contribution in [3.63, 3.8) is 0 Å². The molecular weight excluding hydrogens is 858 g/mol. The summed E-state index contributed by atoms with van der Waals surface area (Å²) < 4.78 is 33.0. The van der Waals surface area contributed by atoms with Crippen LogP contribution in [0.15, 0.2) is 72.9 Å². The van der Waals surface area contributed by atoms with Crippen molar-refractivity contribution in [2.75, 3.05) is 26.4 Å². The maximum atomic E-state index is 12.7. The van der Waals surface area contributed by atoms with Gasteiger partial charge < -0.3 is 20.1 Å². The summed E-state index contributed by atoms with van der Waals surface area (Å²) in [6.07, 6.45) is 66.6. The normalized spacial score (nSPS) is 13.7. The van der Waals surface area contributed by atoms with Crippen molar-refractivity contribution in [2.45, 2.75) is 251 Å². The minimum Gasteiger partial charge on any atom is -0.462 e. The Morgan fingerprint density at radius 2 is 0.821 bits per heavy atom. The molecule has 0 aromatic heterocycles. The number of esters is 2. The van der Waals surface area contributed by atoms with Crippen LogP contribution in [-0.2, 0) is 32.7 Å². The number of nitrogens with two attached hydrogens (primary N) is 1. The highest BCUT2D eigenvalue weighted by atomic mass is 31.2. The largest absolute Gasteiger partial charge is 0.472 e. The molecule has 2 unspecified atom stereocenters. The van der Waals surface area contributed by atoms with E-state index in [1.54, 1.807) is 0 Å². The van der Waals surface area contributed by atoms with Gasteiger partial charge in [-0.05, 0) is 83.5 Å². The van der Waals surface area contributed by atoms with Crippen molar-refractivity contribution in [3.05, 3.63) is 72.9 Å². The molecule has 0 aromatic carbocycles. The Hall–Kier alpha value is -2.55. The number of allylic oxidation sites excluding steroid dienone is 12. The number of unbranched alkanes of at least 4 members (excludes halogenated alkanes) is 26. The van der Waals surface area contributed by atoms with Gasteiger partial charge in [0.2, 0.25) is 0 Å². The van der Waals surface area contributed by atoms with Gasteiger partial charge in [-0.2, -0.15) is 0 Å². The second-order valence-electron chi connectivity index (χ2n) is 18.1. The Bertz CT molecular complexity index is 1320. The molecule has 2 atom stereocenters. The van der Waals surface area contributed by atoms with E-state index in [4.69, 9.17) is 24.3 Å². The summed E-state index contributed by atoms with van der Waals surface area (Å²) in [6, 6.07) is 0. The van der Waals surface area contributed by atoms with E-state index in [2.05, 4.69) is 86.8 Å². The molecule has 0 amide bonds. The lowest BCUT2D eigenvalue weighted by Crippen LogP contribution is -2.29. The number of carbonyl (C=O) groups is 2. The van der Waals surface area contributed by atoms with E-state index in [0.717, 1.165) is 83.5 Å². The lowest BCUT2D eigenvalue weighted by Gasteiger charge is -2.19. The molecule has 9 nitrogen and oxygen atoms in total. The average Bonchev–Trinajstić information content (AvgIpc) is 3.32. The number of hydrogen-bond acceptors (Lipinski definition) is 8. The van der Waals surface area contributed by atoms with Crippen LogP contribution in [0.2, 0.25) is 0 Å². The molecule has 0 radical (unpaired) electrons. The number of rotatable bonds is 51. The summed E-state index contributed by atoms with van der Waals surface area (Å²) in [7, 11) is -4.39. The molecule has 10 heteroatoms. The Morgan fingerprint density at radius 3 is 1.22 bits per heavy atom. The first-order valence-electron chi connectivity index (χ1n) is 27.4. The van der Waals surface area contributed by atoms with Crippen LogP contribution >= 0.6 is 7.82 Å². The van der Waals surface area contributed by atoms with Crippen molar-refractivity contribution < 1.29 is 37.6 Å². The highest BCUT2D eigenvalue weighted by Gasteiger charge is 2.26. The first kappa shape index (κ1) is 64.5. The molecule has 388 valence electrons. The van der Waals surface area contributed by atoms with Gasteiger partial charge in [0.15, 0.2) is 6.10 Å². The molecule has 0 aliphatic carbocycles. The van der Waals surface area contributed by atoms with Crippen molar-refractivity contribution in [1.82, 2.24) is 0 Å². The molecule has 0 aliphatic rings. The number of carbonyl (C=O) groups excluding carboxylic acids is 2. The maximum absolute atomic E-state index is 12.7. The fourth-order valence-electron chi connectivity index (χ4n) is 7.54. The topological polar surface area (TPSA) is 134 Å². The van der Waals surface area contributed by atoms with E-state index in [0.29, 0.717) is 6.42 Å². The van der Waals surface area contributed by atoms with Crippen molar-refractivity contribution >= 4 is 19.8 Å². The highest BCUT2D eigenvalue weighted by molar-refractivity contribution is 7.47. The summed E-state index contributed by atoms with van der Waals surface area (Å²) in [5, 5.41) is 0. The lowest BCUT2D eigenvalue weighted by atomic mass is 10.0. The molecule has 0 rings (SSSR count). The zero-order chi connectivity index (χ0) is 48.8. The molecular formula is C57H102NO8P. The SMILES string of the molecule is CC/C=C\C/C=C\C/C=C\C/C=C\CCCCCCCCCCCCCCCCCCC(=O)OC(COC(=O)CCCCCCCCC/C=C\C/C=C\CCCCC)COP(=O)(O)OCCN. The van der Waals surface area contributed by atoms with Crippen LogP contribution in [0, 0.1) is 0 Å². The second kappa shape index (κ2) is 52.8. The standard InChI is InChI=1S/C57H102NO8P/c1-3-5-7-9-11-13-15-17-19-21-22-23-24-25-26-27-28-29-30-31-32-34-36-38-40-42-44-46-48-50-57(60)66-55(54-65-67(61,62)64-52-51-58)53-63-56(59)49-47-45-43-41-39-37-35-33-20-18-16-14-12-10-8-6-4-2/h5,7,11-14,17-20,22-23,55H,3-4,6,8-10,15-16,21,24-54,58H2,1-2H3,(H,61,62)/b7-5-,13-11-,14-12-,19-17-,20-18-,23-22-. The van der Waals surface area contributed by atoms with Crippen LogP contribution in [-0.4, -0.2) is 49.3 Å². The first-order valence-corrected chi connectivity index (χ1v) is 28.9. The molecule has 0 aliphatic heterocycles. The van der Waals surface area contributed by atoms with E-state index in [-0.39, 0.29) is 38.6 Å². The molecule has 67 heavy (non-hydrogen) atoms. The van der Waals surface area contributed by atoms with Gasteiger partial charge >= 0.3 is 19.8 Å². The quantitative estimate of drug-likeness (QED) is 0.0264. The summed E-state index contributed by atoms with van der Waals surface area (Å²) >= 11 is 0. The predicted molar refractivity (Wildman–Crippen MR) is 284 cm³/mol. The van der Waals surface area contributed by atoms with E-state index in [9.17, 15) is 19.0 Å². The van der Waals surface area contributed by atoms with E-state index in [1.807, 2.05) is 0 Å². The third kappa shape index (κ3) is 52.7. The monoisotopic (exact) mass is 960 g/mol. The fourth-order valence-corrected chi connectivity index (χ4v) is 8.31.